The number of nitrogens with one attached hydrogen (secondary N) is 1. The number of nitrogens with zero attached hydrogens (tertiary/aromatic N) is 5. The lowest BCUT2D eigenvalue weighted by molar-refractivity contribution is -0.137. The number of hydrogen-bond acceptors (Lipinski definition) is 5. The van der Waals surface area contributed by atoms with Gasteiger partial charge in [-0.1, -0.05) is 18.1 Å². The second-order valence-corrected chi connectivity index (χ2v) is 9.17. The van der Waals surface area contributed by atoms with Crippen LogP contribution in [0, 0.1) is 11.7 Å². The van der Waals surface area contributed by atoms with E-state index in [0.717, 1.165) is 12.1 Å². The van der Waals surface area contributed by atoms with Gasteiger partial charge in [0, 0.05) is 24.1 Å². The molecule has 0 spiro atoms. The highest BCUT2D eigenvalue weighted by atomic mass is 19.4. The lowest BCUT2D eigenvalue weighted by Crippen LogP contribution is -2.47. The van der Waals surface area contributed by atoms with Crippen LogP contribution < -0.4 is 10.2 Å². The SMILES string of the molecule is CC1=C(C(F)(F)F)C(C)C2NCCC[C@H](N(Cc3cc(F)cc(C(F)(F)F)c3)c3nnn(C)n3)C2=C1. The van der Waals surface area contributed by atoms with Crippen molar-refractivity contribution in [1.82, 2.24) is 25.5 Å². The highest BCUT2D eigenvalue weighted by Crippen LogP contribution is 2.43. The number of anilines is 1. The number of benzene rings is 1. The lowest BCUT2D eigenvalue weighted by atomic mass is 9.77. The van der Waals surface area contributed by atoms with Crippen LogP contribution in [-0.2, 0) is 19.8 Å². The quantitative estimate of drug-likeness (QED) is 0.581. The summed E-state index contributed by atoms with van der Waals surface area (Å²) in [5.74, 6) is -1.86. The zero-order valence-electron chi connectivity index (χ0n) is 19.8. The number of aromatic nitrogens is 4. The lowest BCUT2D eigenvalue weighted by Gasteiger charge is -2.40. The molecule has 1 aromatic heterocycles. The van der Waals surface area contributed by atoms with Gasteiger partial charge in [-0.3, -0.25) is 0 Å². The maximum absolute atomic E-state index is 14.1. The molecule has 2 aromatic rings. The largest absolute Gasteiger partial charge is 0.416 e. The van der Waals surface area contributed by atoms with Gasteiger partial charge in [0.2, 0.25) is 0 Å². The van der Waals surface area contributed by atoms with Gasteiger partial charge in [-0.2, -0.15) is 31.1 Å². The summed E-state index contributed by atoms with van der Waals surface area (Å²) in [6.45, 7) is 3.15. The van der Waals surface area contributed by atoms with Crippen molar-refractivity contribution in [3.63, 3.8) is 0 Å². The minimum atomic E-state index is -4.75. The molecule has 4 rings (SSSR count). The molecule has 196 valence electrons. The Morgan fingerprint density at radius 1 is 1.11 bits per heavy atom. The van der Waals surface area contributed by atoms with E-state index in [1.165, 1.54) is 31.8 Å². The third kappa shape index (κ3) is 5.25. The Kier molecular flexibility index (Phi) is 6.88. The van der Waals surface area contributed by atoms with Gasteiger partial charge in [-0.15, -0.1) is 5.10 Å². The smallest absolute Gasteiger partial charge is 0.327 e. The standard InChI is InChI=1S/C23H25F7N6/c1-12-7-17-18(5-4-6-31-20(17)13(2)19(12)23(28,29)30)36(21-32-34-35(3)33-21)11-14-8-15(22(25,26)27)10-16(24)9-14/h7-10,13,18,20,31H,4-6,11H2,1-3H3/t13?,18-,20?/m0/s1. The van der Waals surface area contributed by atoms with Crippen LogP contribution in [0.5, 0.6) is 0 Å². The van der Waals surface area contributed by atoms with E-state index in [2.05, 4.69) is 20.7 Å². The molecule has 1 saturated heterocycles. The van der Waals surface area contributed by atoms with Gasteiger partial charge < -0.3 is 10.2 Å². The maximum atomic E-state index is 14.1. The van der Waals surface area contributed by atoms with Crippen LogP contribution in [0.25, 0.3) is 0 Å². The first-order valence-electron chi connectivity index (χ1n) is 11.4. The second-order valence-electron chi connectivity index (χ2n) is 9.17. The molecule has 2 unspecified atom stereocenters. The van der Waals surface area contributed by atoms with Crippen molar-refractivity contribution >= 4 is 5.95 Å². The molecule has 1 fully saturated rings. The van der Waals surface area contributed by atoms with Gasteiger partial charge in [0.1, 0.15) is 5.82 Å². The first-order chi connectivity index (χ1) is 16.8. The van der Waals surface area contributed by atoms with Gasteiger partial charge in [0.15, 0.2) is 0 Å². The third-order valence-electron chi connectivity index (χ3n) is 6.60. The van der Waals surface area contributed by atoms with E-state index in [1.807, 2.05) is 0 Å². The number of halogens is 7. The van der Waals surface area contributed by atoms with E-state index >= 15 is 0 Å². The van der Waals surface area contributed by atoms with Crippen molar-refractivity contribution in [1.29, 1.82) is 0 Å². The first-order valence-corrected chi connectivity index (χ1v) is 11.4. The molecule has 0 amide bonds. The monoisotopic (exact) mass is 518 g/mol. The van der Waals surface area contributed by atoms with Crippen molar-refractivity contribution in [2.45, 2.75) is 57.7 Å². The number of tetrazole rings is 1. The predicted molar refractivity (Wildman–Crippen MR) is 117 cm³/mol. The summed E-state index contributed by atoms with van der Waals surface area (Å²) in [5, 5.41) is 15.2. The molecule has 1 N–H and O–H groups in total. The average molecular weight is 518 g/mol. The molecule has 2 heterocycles. The highest BCUT2D eigenvalue weighted by molar-refractivity contribution is 5.47. The second kappa shape index (κ2) is 9.49. The number of hydrogen-bond donors (Lipinski definition) is 1. The molecule has 36 heavy (non-hydrogen) atoms. The third-order valence-corrected chi connectivity index (χ3v) is 6.60. The number of alkyl halides is 6. The summed E-state index contributed by atoms with van der Waals surface area (Å²) in [6, 6.07) is 1.05. The van der Waals surface area contributed by atoms with Crippen molar-refractivity contribution in [2.24, 2.45) is 13.0 Å². The van der Waals surface area contributed by atoms with E-state index in [0.29, 0.717) is 31.0 Å². The van der Waals surface area contributed by atoms with Crippen LogP contribution in [-0.4, -0.2) is 45.0 Å². The fraction of sp³-hybridized carbons (Fsp3) is 0.522. The Morgan fingerprint density at radius 2 is 1.83 bits per heavy atom. The Hall–Kier alpha value is -2.96. The van der Waals surface area contributed by atoms with Crippen molar-refractivity contribution in [2.75, 3.05) is 11.4 Å². The minimum absolute atomic E-state index is 0.0243. The van der Waals surface area contributed by atoms with E-state index in [-0.39, 0.29) is 23.6 Å². The van der Waals surface area contributed by atoms with E-state index in [9.17, 15) is 30.7 Å². The summed E-state index contributed by atoms with van der Waals surface area (Å²) in [4.78, 5) is 2.76. The zero-order valence-corrected chi connectivity index (χ0v) is 19.8. The average Bonchev–Trinajstić information content (AvgIpc) is 3.06. The minimum Gasteiger partial charge on any atom is -0.327 e. The highest BCUT2D eigenvalue weighted by Gasteiger charge is 2.46. The van der Waals surface area contributed by atoms with Crippen LogP contribution in [0.15, 0.2) is 41.0 Å². The molecular formula is C23H25F7N6. The van der Waals surface area contributed by atoms with Crippen LogP contribution >= 0.6 is 0 Å². The van der Waals surface area contributed by atoms with E-state index in [4.69, 9.17) is 0 Å². The van der Waals surface area contributed by atoms with Gasteiger partial charge in [0.25, 0.3) is 5.95 Å². The van der Waals surface area contributed by atoms with Crippen molar-refractivity contribution < 1.29 is 30.7 Å². The first kappa shape index (κ1) is 26.1. The fourth-order valence-electron chi connectivity index (χ4n) is 5.18. The Balaban J connectivity index is 1.81. The van der Waals surface area contributed by atoms with Gasteiger partial charge >= 0.3 is 12.4 Å². The summed E-state index contributed by atoms with van der Waals surface area (Å²) in [7, 11) is 1.51. The number of aryl methyl sites for hydroxylation is 1. The fourth-order valence-corrected chi connectivity index (χ4v) is 5.18. The van der Waals surface area contributed by atoms with Crippen LogP contribution in [0.1, 0.15) is 37.8 Å². The normalized spacial score (nSPS) is 23.3. The Labute approximate surface area is 202 Å². The molecule has 1 aromatic carbocycles. The molecule has 13 heteroatoms. The molecular weight excluding hydrogens is 493 g/mol. The Morgan fingerprint density at radius 3 is 2.44 bits per heavy atom. The van der Waals surface area contributed by atoms with Crippen LogP contribution in [0.4, 0.5) is 36.7 Å². The molecule has 0 bridgehead atoms. The summed E-state index contributed by atoms with van der Waals surface area (Å²) in [5.41, 5.74) is -1.01. The van der Waals surface area contributed by atoms with Crippen molar-refractivity contribution in [3.8, 4) is 0 Å². The maximum Gasteiger partial charge on any atom is 0.416 e. The Bertz CT molecular complexity index is 1180. The molecule has 1 aliphatic carbocycles. The van der Waals surface area contributed by atoms with Gasteiger partial charge in [-0.05, 0) is 66.4 Å². The van der Waals surface area contributed by atoms with Gasteiger partial charge in [0.05, 0.1) is 18.7 Å². The summed E-state index contributed by atoms with van der Waals surface area (Å²) < 4.78 is 95.5. The number of allylic oxidation sites excluding steroid dienone is 2. The van der Waals surface area contributed by atoms with Crippen molar-refractivity contribution in [3.05, 3.63) is 57.9 Å². The van der Waals surface area contributed by atoms with Crippen LogP contribution in [0.3, 0.4) is 0 Å². The molecule has 2 aliphatic rings. The number of rotatable bonds is 4. The zero-order chi connectivity index (χ0) is 26.4. The van der Waals surface area contributed by atoms with E-state index < -0.39 is 47.3 Å². The predicted octanol–water partition coefficient (Wildman–Crippen LogP) is 4.95. The van der Waals surface area contributed by atoms with Gasteiger partial charge in [-0.25, -0.2) is 4.39 Å². The molecule has 0 radical (unpaired) electrons. The van der Waals surface area contributed by atoms with Crippen LogP contribution in [0.2, 0.25) is 0 Å². The molecule has 0 saturated carbocycles. The molecule has 6 nitrogen and oxygen atoms in total. The van der Waals surface area contributed by atoms with E-state index in [1.54, 1.807) is 4.90 Å². The molecule has 3 atom stereocenters. The summed E-state index contributed by atoms with van der Waals surface area (Å²) >= 11 is 0. The summed E-state index contributed by atoms with van der Waals surface area (Å²) in [6.07, 6.45) is -6.71. The topological polar surface area (TPSA) is 58.9 Å². The number of fused-ring (bicyclic) bond motifs is 1. The molecule has 1 aliphatic heterocycles.